The molecule has 0 spiro atoms. The van der Waals surface area contributed by atoms with Gasteiger partial charge in [0.25, 0.3) is 0 Å². The SMILES string of the molecule is CCS(=O)(=O)c1ccc(C(C)Nc2nccc(C(F)(F)F)n2)cc1. The van der Waals surface area contributed by atoms with Crippen LogP contribution >= 0.6 is 0 Å². The van der Waals surface area contributed by atoms with Crippen LogP contribution in [0.4, 0.5) is 19.1 Å². The average molecular weight is 359 g/mol. The third-order valence-corrected chi connectivity index (χ3v) is 5.16. The van der Waals surface area contributed by atoms with Gasteiger partial charge in [0.1, 0.15) is 5.69 Å². The monoisotopic (exact) mass is 359 g/mol. The van der Waals surface area contributed by atoms with Crippen molar-refractivity contribution in [1.82, 2.24) is 9.97 Å². The molecule has 0 aliphatic heterocycles. The van der Waals surface area contributed by atoms with Crippen LogP contribution in [0.15, 0.2) is 41.4 Å². The standard InChI is InChI=1S/C15H16F3N3O2S/c1-3-24(22,23)12-6-4-11(5-7-12)10(2)20-14-19-9-8-13(21-14)15(16,17)18/h4-10H,3H2,1-2H3,(H,19,20,21). The zero-order valence-electron chi connectivity index (χ0n) is 13.0. The van der Waals surface area contributed by atoms with E-state index in [1.807, 2.05) is 0 Å². The van der Waals surface area contributed by atoms with Crippen LogP contribution in [0.3, 0.4) is 0 Å². The molecule has 0 bridgehead atoms. The first-order chi connectivity index (χ1) is 11.1. The molecule has 0 fully saturated rings. The summed E-state index contributed by atoms with van der Waals surface area (Å²) in [7, 11) is -3.29. The molecule has 2 rings (SSSR count). The van der Waals surface area contributed by atoms with E-state index in [0.29, 0.717) is 5.56 Å². The predicted octanol–water partition coefficient (Wildman–Crippen LogP) is 3.46. The molecule has 5 nitrogen and oxygen atoms in total. The molecule has 24 heavy (non-hydrogen) atoms. The molecule has 1 N–H and O–H groups in total. The van der Waals surface area contributed by atoms with E-state index < -0.39 is 27.7 Å². The van der Waals surface area contributed by atoms with Crippen molar-refractivity contribution in [3.8, 4) is 0 Å². The molecule has 130 valence electrons. The summed E-state index contributed by atoms with van der Waals surface area (Å²) in [5.74, 6) is -0.152. The zero-order valence-corrected chi connectivity index (χ0v) is 13.8. The number of nitrogens with zero attached hydrogens (tertiary/aromatic N) is 2. The van der Waals surface area contributed by atoms with Crippen molar-refractivity contribution in [2.24, 2.45) is 0 Å². The van der Waals surface area contributed by atoms with Gasteiger partial charge in [-0.2, -0.15) is 13.2 Å². The largest absolute Gasteiger partial charge is 0.433 e. The number of anilines is 1. The smallest absolute Gasteiger partial charge is 0.348 e. The quantitative estimate of drug-likeness (QED) is 0.885. The van der Waals surface area contributed by atoms with Gasteiger partial charge < -0.3 is 5.32 Å². The molecule has 1 aromatic heterocycles. The van der Waals surface area contributed by atoms with Crippen molar-refractivity contribution in [2.75, 3.05) is 11.1 Å². The fraction of sp³-hybridized carbons (Fsp3) is 0.333. The van der Waals surface area contributed by atoms with Crippen molar-refractivity contribution in [3.63, 3.8) is 0 Å². The number of rotatable bonds is 5. The Morgan fingerprint density at radius 2 is 1.79 bits per heavy atom. The number of hydrogen-bond acceptors (Lipinski definition) is 5. The molecular weight excluding hydrogens is 343 g/mol. The molecule has 9 heteroatoms. The summed E-state index contributed by atoms with van der Waals surface area (Å²) in [4.78, 5) is 7.41. The van der Waals surface area contributed by atoms with Crippen LogP contribution < -0.4 is 5.32 Å². The van der Waals surface area contributed by atoms with Gasteiger partial charge in [0, 0.05) is 6.20 Å². The minimum absolute atomic E-state index is 0.00176. The highest BCUT2D eigenvalue weighted by Gasteiger charge is 2.32. The second-order valence-corrected chi connectivity index (χ2v) is 7.38. The van der Waals surface area contributed by atoms with Crippen LogP contribution in [-0.4, -0.2) is 24.1 Å². The highest BCUT2D eigenvalue weighted by Crippen LogP contribution is 2.28. The summed E-state index contributed by atoms with van der Waals surface area (Å²) in [6.45, 7) is 3.27. The third kappa shape index (κ3) is 4.22. The molecule has 0 amide bonds. The van der Waals surface area contributed by atoms with Gasteiger partial charge in [-0.15, -0.1) is 0 Å². The Kier molecular flexibility index (Phi) is 5.12. The van der Waals surface area contributed by atoms with Crippen molar-refractivity contribution in [3.05, 3.63) is 47.8 Å². The summed E-state index contributed by atoms with van der Waals surface area (Å²) in [6.07, 6.45) is -3.51. The third-order valence-electron chi connectivity index (χ3n) is 3.41. The summed E-state index contributed by atoms with van der Waals surface area (Å²) >= 11 is 0. The lowest BCUT2D eigenvalue weighted by Gasteiger charge is -2.15. The van der Waals surface area contributed by atoms with E-state index in [9.17, 15) is 21.6 Å². The maximum atomic E-state index is 12.6. The number of sulfone groups is 1. The first-order valence-corrected chi connectivity index (χ1v) is 8.78. The zero-order chi connectivity index (χ0) is 18.0. The molecule has 0 aliphatic rings. The van der Waals surface area contributed by atoms with Crippen LogP contribution in [0.1, 0.15) is 31.1 Å². The van der Waals surface area contributed by atoms with Gasteiger partial charge in [0.15, 0.2) is 9.84 Å². The van der Waals surface area contributed by atoms with E-state index in [0.717, 1.165) is 12.3 Å². The molecule has 1 heterocycles. The highest BCUT2D eigenvalue weighted by atomic mass is 32.2. The Bertz CT molecular complexity index is 805. The van der Waals surface area contributed by atoms with E-state index >= 15 is 0 Å². The van der Waals surface area contributed by atoms with Crippen molar-refractivity contribution < 1.29 is 21.6 Å². The molecule has 1 aromatic carbocycles. The highest BCUT2D eigenvalue weighted by molar-refractivity contribution is 7.91. The maximum absolute atomic E-state index is 12.6. The van der Waals surface area contributed by atoms with Gasteiger partial charge in [-0.3, -0.25) is 0 Å². The molecule has 0 saturated heterocycles. The molecule has 1 unspecified atom stereocenters. The fourth-order valence-electron chi connectivity index (χ4n) is 1.99. The number of alkyl halides is 3. The number of aromatic nitrogens is 2. The second-order valence-electron chi connectivity index (χ2n) is 5.10. The van der Waals surface area contributed by atoms with Gasteiger partial charge in [0.2, 0.25) is 5.95 Å². The molecular formula is C15H16F3N3O2S. The molecule has 0 radical (unpaired) electrons. The van der Waals surface area contributed by atoms with Gasteiger partial charge in [-0.05, 0) is 30.7 Å². The molecule has 0 saturated carbocycles. The number of benzene rings is 1. The van der Waals surface area contributed by atoms with Gasteiger partial charge in [-0.1, -0.05) is 19.1 Å². The normalized spacial score (nSPS) is 13.5. The number of halogens is 3. The minimum atomic E-state index is -4.54. The van der Waals surface area contributed by atoms with E-state index in [1.165, 1.54) is 12.1 Å². The lowest BCUT2D eigenvalue weighted by atomic mass is 10.1. The summed E-state index contributed by atoms with van der Waals surface area (Å²) in [5.41, 5.74) is -0.331. The van der Waals surface area contributed by atoms with Crippen molar-refractivity contribution in [2.45, 2.75) is 31.0 Å². The summed E-state index contributed by atoms with van der Waals surface area (Å²) < 4.78 is 61.5. The number of nitrogens with one attached hydrogen (secondary N) is 1. The van der Waals surface area contributed by atoms with Gasteiger partial charge in [-0.25, -0.2) is 18.4 Å². The van der Waals surface area contributed by atoms with Crippen LogP contribution in [0.25, 0.3) is 0 Å². The van der Waals surface area contributed by atoms with Crippen LogP contribution in [-0.2, 0) is 16.0 Å². The van der Waals surface area contributed by atoms with Gasteiger partial charge >= 0.3 is 6.18 Å². The van der Waals surface area contributed by atoms with E-state index in [2.05, 4.69) is 15.3 Å². The second kappa shape index (κ2) is 6.76. The first-order valence-electron chi connectivity index (χ1n) is 7.13. The Balaban J connectivity index is 2.17. The topological polar surface area (TPSA) is 72.0 Å². The van der Waals surface area contributed by atoms with E-state index in [4.69, 9.17) is 0 Å². The van der Waals surface area contributed by atoms with Crippen LogP contribution in [0.2, 0.25) is 0 Å². The Hall–Kier alpha value is -2.16. The lowest BCUT2D eigenvalue weighted by Crippen LogP contribution is -2.14. The fourth-order valence-corrected chi connectivity index (χ4v) is 2.88. The van der Waals surface area contributed by atoms with Crippen LogP contribution in [0, 0.1) is 0 Å². The van der Waals surface area contributed by atoms with Crippen LogP contribution in [0.5, 0.6) is 0 Å². The average Bonchev–Trinajstić information content (AvgIpc) is 2.54. The van der Waals surface area contributed by atoms with Crippen molar-refractivity contribution >= 4 is 15.8 Å². The summed E-state index contributed by atoms with van der Waals surface area (Å²) in [6, 6.07) is 6.55. The Labute approximate surface area is 137 Å². The first kappa shape index (κ1) is 18.2. The van der Waals surface area contributed by atoms with E-state index in [-0.39, 0.29) is 16.6 Å². The van der Waals surface area contributed by atoms with Gasteiger partial charge in [0.05, 0.1) is 16.7 Å². The summed E-state index contributed by atoms with van der Waals surface area (Å²) in [5, 5.41) is 2.77. The molecule has 2 aromatic rings. The molecule has 1 atom stereocenters. The number of hydrogen-bond donors (Lipinski definition) is 1. The van der Waals surface area contributed by atoms with E-state index in [1.54, 1.807) is 26.0 Å². The Morgan fingerprint density at radius 3 is 2.33 bits per heavy atom. The van der Waals surface area contributed by atoms with Crippen molar-refractivity contribution in [1.29, 1.82) is 0 Å². The lowest BCUT2D eigenvalue weighted by molar-refractivity contribution is -0.141. The predicted molar refractivity (Wildman–Crippen MR) is 83.2 cm³/mol. The molecule has 0 aliphatic carbocycles. The Morgan fingerprint density at radius 1 is 1.17 bits per heavy atom. The maximum Gasteiger partial charge on any atom is 0.433 e. The minimum Gasteiger partial charge on any atom is -0.348 e.